The molecule has 180 valence electrons. The van der Waals surface area contributed by atoms with Crippen molar-refractivity contribution < 1.29 is 33.9 Å². The molecule has 0 amide bonds. The molecule has 0 aliphatic carbocycles. The van der Waals surface area contributed by atoms with Crippen LogP contribution in [0.1, 0.15) is 11.1 Å². The van der Waals surface area contributed by atoms with E-state index in [1.54, 1.807) is 18.2 Å². The van der Waals surface area contributed by atoms with Gasteiger partial charge >= 0.3 is 0 Å². The van der Waals surface area contributed by atoms with Crippen LogP contribution in [-0.4, -0.2) is 29.5 Å². The van der Waals surface area contributed by atoms with Crippen LogP contribution in [0, 0.1) is 5.82 Å². The van der Waals surface area contributed by atoms with Crippen molar-refractivity contribution in [1.82, 2.24) is 0 Å². The third kappa shape index (κ3) is 4.85. The minimum absolute atomic E-state index is 0.103. The third-order valence-corrected chi connectivity index (χ3v) is 5.65. The van der Waals surface area contributed by atoms with E-state index >= 15 is 0 Å². The molecular formula is C28H25FO6. The maximum Gasteiger partial charge on any atom is 0.170 e. The van der Waals surface area contributed by atoms with Gasteiger partial charge in [-0.2, -0.15) is 0 Å². The van der Waals surface area contributed by atoms with Gasteiger partial charge in [0.05, 0.1) is 26.4 Å². The monoisotopic (exact) mass is 476 g/mol. The molecule has 0 aliphatic rings. The van der Waals surface area contributed by atoms with Crippen molar-refractivity contribution in [3.63, 3.8) is 0 Å². The average Bonchev–Trinajstić information content (AvgIpc) is 2.88. The number of halogens is 1. The van der Waals surface area contributed by atoms with E-state index in [1.807, 2.05) is 30.3 Å². The van der Waals surface area contributed by atoms with Gasteiger partial charge in [-0.25, -0.2) is 4.39 Å². The summed E-state index contributed by atoms with van der Waals surface area (Å²) >= 11 is 0. The molecule has 3 N–H and O–H groups in total. The Bertz CT molecular complexity index is 1340. The minimum atomic E-state index is -0.534. The first-order chi connectivity index (χ1) is 17.0. The highest BCUT2D eigenvalue weighted by Crippen LogP contribution is 2.50. The van der Waals surface area contributed by atoms with E-state index in [4.69, 9.17) is 14.2 Å². The van der Waals surface area contributed by atoms with Gasteiger partial charge in [-0.3, -0.25) is 0 Å². The maximum absolute atomic E-state index is 13.9. The number of aromatic hydroxyl groups is 2. The number of phenols is 2. The Kier molecular flexibility index (Phi) is 7.08. The highest BCUT2D eigenvalue weighted by molar-refractivity contribution is 5.88. The second-order valence-corrected chi connectivity index (χ2v) is 7.80. The van der Waals surface area contributed by atoms with E-state index in [0.29, 0.717) is 40.4 Å². The van der Waals surface area contributed by atoms with E-state index in [9.17, 15) is 19.7 Å². The quantitative estimate of drug-likeness (QED) is 0.304. The summed E-state index contributed by atoms with van der Waals surface area (Å²) in [7, 11) is 2.86. The largest absolute Gasteiger partial charge is 0.504 e. The van der Waals surface area contributed by atoms with Crippen LogP contribution >= 0.6 is 0 Å². The minimum Gasteiger partial charge on any atom is -0.504 e. The van der Waals surface area contributed by atoms with Gasteiger partial charge in [-0.05, 0) is 47.0 Å². The van der Waals surface area contributed by atoms with Crippen molar-refractivity contribution in [2.24, 2.45) is 0 Å². The zero-order valence-electron chi connectivity index (χ0n) is 19.3. The number of benzene rings is 4. The third-order valence-electron chi connectivity index (χ3n) is 5.65. The van der Waals surface area contributed by atoms with Crippen LogP contribution in [0.15, 0.2) is 72.8 Å². The molecule has 0 bridgehead atoms. The van der Waals surface area contributed by atoms with Crippen LogP contribution in [0.5, 0.6) is 28.7 Å². The fourth-order valence-electron chi connectivity index (χ4n) is 3.88. The van der Waals surface area contributed by atoms with Gasteiger partial charge in [-0.15, -0.1) is 0 Å². The molecule has 0 saturated carbocycles. The highest BCUT2D eigenvalue weighted by Gasteiger charge is 2.23. The molecule has 0 atom stereocenters. The summed E-state index contributed by atoms with van der Waals surface area (Å²) in [5.41, 5.74) is 2.84. The fraction of sp³-hybridized carbons (Fsp3) is 0.143. The van der Waals surface area contributed by atoms with Gasteiger partial charge in [0, 0.05) is 11.1 Å². The van der Waals surface area contributed by atoms with Crippen LogP contribution in [0.2, 0.25) is 0 Å². The van der Waals surface area contributed by atoms with Gasteiger partial charge in [0.2, 0.25) is 0 Å². The number of aliphatic hydroxyl groups excluding tert-OH is 1. The summed E-state index contributed by atoms with van der Waals surface area (Å²) in [6, 6.07) is 20.2. The van der Waals surface area contributed by atoms with E-state index < -0.39 is 12.4 Å². The Labute approximate surface area is 202 Å². The lowest BCUT2D eigenvalue weighted by molar-refractivity contribution is 0.276. The number of methoxy groups -OCH3 is 2. The smallest absolute Gasteiger partial charge is 0.170 e. The topological polar surface area (TPSA) is 88.4 Å². The predicted molar refractivity (Wildman–Crippen MR) is 130 cm³/mol. The van der Waals surface area contributed by atoms with Crippen molar-refractivity contribution in [3.8, 4) is 51.0 Å². The summed E-state index contributed by atoms with van der Waals surface area (Å²) in [6.45, 7) is -0.181. The molecule has 4 aromatic carbocycles. The summed E-state index contributed by atoms with van der Waals surface area (Å²) in [4.78, 5) is 0. The Balaban J connectivity index is 1.74. The SMILES string of the molecule is COc1cc(-c2ccc(F)c(CO)c2)c(OC)c(O)c1-c1ccc(OCc2ccccc2)c(O)c1. The van der Waals surface area contributed by atoms with Crippen molar-refractivity contribution in [3.05, 3.63) is 89.7 Å². The van der Waals surface area contributed by atoms with Gasteiger partial charge in [0.25, 0.3) is 0 Å². The molecule has 7 heteroatoms. The molecular weight excluding hydrogens is 451 g/mol. The first-order valence-corrected chi connectivity index (χ1v) is 10.8. The number of rotatable bonds is 8. The van der Waals surface area contributed by atoms with E-state index in [1.165, 1.54) is 38.5 Å². The van der Waals surface area contributed by atoms with Gasteiger partial charge in [-0.1, -0.05) is 42.5 Å². The first kappa shape index (κ1) is 23.9. The zero-order valence-corrected chi connectivity index (χ0v) is 19.3. The molecule has 0 saturated heterocycles. The van der Waals surface area contributed by atoms with Gasteiger partial charge < -0.3 is 29.5 Å². The molecule has 0 radical (unpaired) electrons. The van der Waals surface area contributed by atoms with Crippen LogP contribution in [0.3, 0.4) is 0 Å². The van der Waals surface area contributed by atoms with Crippen LogP contribution in [0.4, 0.5) is 4.39 Å². The predicted octanol–water partition coefficient (Wildman–Crippen LogP) is 5.66. The molecule has 6 nitrogen and oxygen atoms in total. The molecule has 0 unspecified atom stereocenters. The maximum atomic E-state index is 13.9. The highest BCUT2D eigenvalue weighted by atomic mass is 19.1. The van der Waals surface area contributed by atoms with Crippen molar-refractivity contribution in [2.75, 3.05) is 14.2 Å². The Morgan fingerprint density at radius 3 is 2.20 bits per heavy atom. The fourth-order valence-corrected chi connectivity index (χ4v) is 3.88. The summed E-state index contributed by atoms with van der Waals surface area (Å²) in [5, 5.41) is 31.2. The lowest BCUT2D eigenvalue weighted by Gasteiger charge is -2.19. The second-order valence-electron chi connectivity index (χ2n) is 7.80. The van der Waals surface area contributed by atoms with Crippen molar-refractivity contribution >= 4 is 0 Å². The Morgan fingerprint density at radius 1 is 0.800 bits per heavy atom. The summed E-state index contributed by atoms with van der Waals surface area (Å²) in [5.74, 6) is -0.107. The molecule has 4 aromatic rings. The molecule has 4 rings (SSSR count). The number of hydrogen-bond acceptors (Lipinski definition) is 6. The molecule has 0 heterocycles. The number of aliphatic hydroxyl groups is 1. The molecule has 35 heavy (non-hydrogen) atoms. The number of ether oxygens (including phenoxy) is 3. The normalized spacial score (nSPS) is 10.7. The molecule has 0 aliphatic heterocycles. The van der Waals surface area contributed by atoms with E-state index in [0.717, 1.165) is 5.56 Å². The average molecular weight is 477 g/mol. The Morgan fingerprint density at radius 2 is 1.54 bits per heavy atom. The second kappa shape index (κ2) is 10.4. The van der Waals surface area contributed by atoms with Crippen LogP contribution in [-0.2, 0) is 13.2 Å². The first-order valence-electron chi connectivity index (χ1n) is 10.8. The standard InChI is InChI=1S/C28H25FO6/c1-33-25-14-21(18-8-10-22(29)20(12-18)15-30)28(34-2)27(32)26(25)19-9-11-24(23(31)13-19)35-16-17-6-4-3-5-7-17/h3-14,30-32H,15-16H2,1-2H3. The number of hydrogen-bond donors (Lipinski definition) is 3. The van der Waals surface area contributed by atoms with Crippen LogP contribution in [0.25, 0.3) is 22.3 Å². The zero-order chi connectivity index (χ0) is 24.9. The summed E-state index contributed by atoms with van der Waals surface area (Å²) < 4.78 is 30.7. The molecule has 0 fully saturated rings. The Hall–Kier alpha value is -4.23. The lowest BCUT2D eigenvalue weighted by Crippen LogP contribution is -1.98. The van der Waals surface area contributed by atoms with Gasteiger partial charge in [0.15, 0.2) is 23.0 Å². The van der Waals surface area contributed by atoms with Gasteiger partial charge in [0.1, 0.15) is 18.2 Å². The van der Waals surface area contributed by atoms with Crippen LogP contribution < -0.4 is 14.2 Å². The van der Waals surface area contributed by atoms with Crippen molar-refractivity contribution in [1.29, 1.82) is 0 Å². The molecule has 0 spiro atoms. The molecule has 0 aromatic heterocycles. The summed E-state index contributed by atoms with van der Waals surface area (Å²) in [6.07, 6.45) is 0. The lowest BCUT2D eigenvalue weighted by atomic mass is 9.95. The van der Waals surface area contributed by atoms with E-state index in [-0.39, 0.29) is 22.8 Å². The number of phenolic OH excluding ortho intramolecular Hbond substituents is 2. The van der Waals surface area contributed by atoms with Crippen molar-refractivity contribution in [2.45, 2.75) is 13.2 Å². The van der Waals surface area contributed by atoms with E-state index in [2.05, 4.69) is 0 Å².